The summed E-state index contributed by atoms with van der Waals surface area (Å²) in [6.07, 6.45) is -1.13. The van der Waals surface area contributed by atoms with E-state index in [4.69, 9.17) is 8.37 Å². The molecule has 0 aliphatic carbocycles. The molecule has 0 radical (unpaired) electrons. The van der Waals surface area contributed by atoms with Gasteiger partial charge in [-0.2, -0.15) is 16.8 Å². The largest absolute Gasteiger partial charge is 0.465 e. The second kappa shape index (κ2) is 8.58. The van der Waals surface area contributed by atoms with Crippen LogP contribution in [0.25, 0.3) is 0 Å². The quantitative estimate of drug-likeness (QED) is 0.584. The van der Waals surface area contributed by atoms with Crippen LogP contribution in [0.15, 0.2) is 58.3 Å². The normalized spacial score (nSPS) is 16.0. The van der Waals surface area contributed by atoms with Crippen molar-refractivity contribution >= 4 is 26.3 Å². The van der Waals surface area contributed by atoms with Gasteiger partial charge in [0, 0.05) is 6.54 Å². The highest BCUT2D eigenvalue weighted by Crippen LogP contribution is 2.34. The maximum atomic E-state index is 12.5. The molecule has 1 aliphatic heterocycles. The molecule has 0 unspecified atom stereocenters. The van der Waals surface area contributed by atoms with E-state index >= 15 is 0 Å². The first-order chi connectivity index (χ1) is 14.5. The van der Waals surface area contributed by atoms with E-state index in [1.54, 1.807) is 38.1 Å². The summed E-state index contributed by atoms with van der Waals surface area (Å²) in [4.78, 5) is 12.3. The Morgan fingerprint density at radius 1 is 0.871 bits per heavy atom. The number of benzene rings is 2. The minimum Gasteiger partial charge on any atom is -0.465 e. The van der Waals surface area contributed by atoms with Gasteiger partial charge in [-0.25, -0.2) is 4.79 Å². The minimum atomic E-state index is -4.17. The molecule has 1 fully saturated rings. The number of nitrogens with zero attached hydrogens (tertiary/aromatic N) is 1. The molecule has 31 heavy (non-hydrogen) atoms. The summed E-state index contributed by atoms with van der Waals surface area (Å²) in [6.45, 7) is 2.57. The van der Waals surface area contributed by atoms with E-state index in [2.05, 4.69) is 0 Å². The molecule has 11 heteroatoms. The molecule has 2 aromatic rings. The lowest BCUT2D eigenvalue weighted by Crippen LogP contribution is -2.67. The average Bonchev–Trinajstić information content (AvgIpc) is 2.67. The molecule has 0 aromatic heterocycles. The van der Waals surface area contributed by atoms with Crippen LogP contribution in [0.3, 0.4) is 0 Å². The van der Waals surface area contributed by atoms with E-state index < -0.39 is 45.1 Å². The van der Waals surface area contributed by atoms with Crippen LogP contribution in [0, 0.1) is 13.8 Å². The van der Waals surface area contributed by atoms with E-state index in [9.17, 15) is 26.7 Å². The molecule has 1 heterocycles. The fourth-order valence-corrected chi connectivity index (χ4v) is 5.06. The van der Waals surface area contributed by atoms with E-state index in [0.29, 0.717) is 0 Å². The van der Waals surface area contributed by atoms with Gasteiger partial charge in [-0.1, -0.05) is 35.4 Å². The summed E-state index contributed by atoms with van der Waals surface area (Å²) in [7, 11) is -8.34. The van der Waals surface area contributed by atoms with Gasteiger partial charge in [-0.3, -0.25) is 13.3 Å². The molecule has 1 amide bonds. The topological polar surface area (TPSA) is 127 Å². The van der Waals surface area contributed by atoms with Crippen molar-refractivity contribution in [1.29, 1.82) is 0 Å². The molecule has 1 aliphatic rings. The number of hydrogen-bond donors (Lipinski definition) is 1. The average molecular weight is 470 g/mol. The van der Waals surface area contributed by atoms with Crippen LogP contribution in [-0.4, -0.2) is 58.2 Å². The lowest BCUT2D eigenvalue weighted by atomic mass is 9.87. The highest BCUT2D eigenvalue weighted by Gasteiger charge is 2.50. The third kappa shape index (κ3) is 5.06. The van der Waals surface area contributed by atoms with Gasteiger partial charge in [-0.05, 0) is 44.5 Å². The van der Waals surface area contributed by atoms with Crippen LogP contribution in [-0.2, 0) is 28.6 Å². The molecule has 168 valence electrons. The van der Waals surface area contributed by atoms with E-state index in [-0.39, 0.29) is 22.8 Å². The van der Waals surface area contributed by atoms with Crippen molar-refractivity contribution in [2.24, 2.45) is 0 Å². The maximum Gasteiger partial charge on any atom is 0.407 e. The minimum absolute atomic E-state index is 0.0809. The van der Waals surface area contributed by atoms with Gasteiger partial charge in [0.05, 0.1) is 28.5 Å². The third-order valence-corrected chi connectivity index (χ3v) is 7.74. The second-order valence-corrected chi connectivity index (χ2v) is 10.7. The molecule has 0 saturated carbocycles. The summed E-state index contributed by atoms with van der Waals surface area (Å²) < 4.78 is 60.3. The summed E-state index contributed by atoms with van der Waals surface area (Å²) in [6, 6.07) is 12.0. The Bertz CT molecular complexity index is 1080. The van der Waals surface area contributed by atoms with E-state index in [1.807, 2.05) is 0 Å². The van der Waals surface area contributed by atoms with Crippen molar-refractivity contribution in [3.8, 4) is 0 Å². The Kier molecular flexibility index (Phi) is 6.42. The smallest absolute Gasteiger partial charge is 0.407 e. The van der Waals surface area contributed by atoms with E-state index in [1.165, 1.54) is 24.3 Å². The van der Waals surface area contributed by atoms with Crippen molar-refractivity contribution in [2.75, 3.05) is 19.8 Å². The molecular formula is C20H23NO8S2. The molecule has 1 saturated heterocycles. The van der Waals surface area contributed by atoms with Gasteiger partial charge >= 0.3 is 6.09 Å². The SMILES string of the molecule is Cc1ccc(S(=O)(=O)OCC2(COS(=O)(=O)c3ccc(C)cc3)CCN2C(=O)O)cc1. The Labute approximate surface area is 181 Å². The molecule has 2 aromatic carbocycles. The summed E-state index contributed by atoms with van der Waals surface area (Å²) in [5.74, 6) is 0. The van der Waals surface area contributed by atoms with Gasteiger partial charge in [0.15, 0.2) is 0 Å². The first-order valence-electron chi connectivity index (χ1n) is 9.38. The third-order valence-electron chi connectivity index (χ3n) is 5.19. The molecule has 0 bridgehead atoms. The summed E-state index contributed by atoms with van der Waals surface area (Å²) in [5.41, 5.74) is 0.281. The second-order valence-electron chi connectivity index (χ2n) is 7.47. The molecule has 3 rings (SSSR count). The van der Waals surface area contributed by atoms with Gasteiger partial charge < -0.3 is 5.11 Å². The van der Waals surface area contributed by atoms with Gasteiger partial charge in [0.25, 0.3) is 20.2 Å². The highest BCUT2D eigenvalue weighted by molar-refractivity contribution is 7.87. The Balaban J connectivity index is 1.78. The number of hydrogen-bond acceptors (Lipinski definition) is 7. The van der Waals surface area contributed by atoms with Crippen molar-refractivity contribution in [2.45, 2.75) is 35.6 Å². The number of carbonyl (C=O) groups is 1. The predicted molar refractivity (Wildman–Crippen MR) is 111 cm³/mol. The van der Waals surface area contributed by atoms with Gasteiger partial charge in [-0.15, -0.1) is 0 Å². The van der Waals surface area contributed by atoms with Crippen LogP contribution < -0.4 is 0 Å². The maximum absolute atomic E-state index is 12.5. The Morgan fingerprint density at radius 3 is 1.55 bits per heavy atom. The van der Waals surface area contributed by atoms with Crippen LogP contribution in [0.4, 0.5) is 4.79 Å². The Morgan fingerprint density at radius 2 is 1.26 bits per heavy atom. The standard InChI is InChI=1S/C20H23NO8S2/c1-15-3-7-17(8-4-15)30(24,25)28-13-20(11-12-21(20)19(22)23)14-29-31(26,27)18-9-5-16(2)6-10-18/h3-10H,11-14H2,1-2H3,(H,22,23). The first-order valence-corrected chi connectivity index (χ1v) is 12.2. The lowest BCUT2D eigenvalue weighted by Gasteiger charge is -2.49. The van der Waals surface area contributed by atoms with Crippen LogP contribution >= 0.6 is 0 Å². The van der Waals surface area contributed by atoms with Gasteiger partial charge in [0.2, 0.25) is 0 Å². The Hall–Kier alpha value is -2.47. The fourth-order valence-electron chi connectivity index (χ4n) is 3.10. The molecule has 9 nitrogen and oxygen atoms in total. The number of likely N-dealkylation sites (tertiary alicyclic amines) is 1. The number of rotatable bonds is 8. The van der Waals surface area contributed by atoms with Crippen LogP contribution in [0.1, 0.15) is 17.5 Å². The summed E-state index contributed by atoms with van der Waals surface area (Å²) in [5, 5.41) is 9.44. The van der Waals surface area contributed by atoms with Crippen LogP contribution in [0.2, 0.25) is 0 Å². The molecule has 0 spiro atoms. The predicted octanol–water partition coefficient (Wildman–Crippen LogP) is 2.54. The van der Waals surface area contributed by atoms with Crippen molar-refractivity contribution in [3.63, 3.8) is 0 Å². The molecule has 0 atom stereocenters. The zero-order chi connectivity index (χ0) is 22.9. The van der Waals surface area contributed by atoms with Crippen molar-refractivity contribution in [3.05, 3.63) is 59.7 Å². The fraction of sp³-hybridized carbons (Fsp3) is 0.350. The van der Waals surface area contributed by atoms with Gasteiger partial charge in [0.1, 0.15) is 0 Å². The zero-order valence-electron chi connectivity index (χ0n) is 17.0. The lowest BCUT2D eigenvalue weighted by molar-refractivity contribution is -0.0532. The number of aryl methyl sites for hydroxylation is 2. The van der Waals surface area contributed by atoms with Crippen LogP contribution in [0.5, 0.6) is 0 Å². The highest BCUT2D eigenvalue weighted by atomic mass is 32.2. The molecule has 1 N–H and O–H groups in total. The summed E-state index contributed by atoms with van der Waals surface area (Å²) >= 11 is 0. The molecular weight excluding hydrogens is 446 g/mol. The number of amides is 1. The van der Waals surface area contributed by atoms with Crippen molar-refractivity contribution in [1.82, 2.24) is 4.90 Å². The first kappa shape index (κ1) is 23.2. The zero-order valence-corrected chi connectivity index (χ0v) is 18.6. The number of carboxylic acid groups (broad SMARTS) is 1. The monoisotopic (exact) mass is 469 g/mol. The van der Waals surface area contributed by atoms with E-state index in [0.717, 1.165) is 16.0 Å². The van der Waals surface area contributed by atoms with Crippen molar-refractivity contribution < 1.29 is 35.1 Å².